The molecule has 0 bridgehead atoms. The van der Waals surface area contributed by atoms with E-state index in [1.165, 1.54) is 0 Å². The lowest BCUT2D eigenvalue weighted by molar-refractivity contribution is 0.153. The summed E-state index contributed by atoms with van der Waals surface area (Å²) in [6, 6.07) is 8.00. The lowest BCUT2D eigenvalue weighted by atomic mass is 10.0. The van der Waals surface area contributed by atoms with Crippen LogP contribution in [0.4, 0.5) is 5.69 Å². The lowest BCUT2D eigenvalue weighted by Gasteiger charge is -2.29. The summed E-state index contributed by atoms with van der Waals surface area (Å²) in [5, 5.41) is 3.36. The van der Waals surface area contributed by atoms with Gasteiger partial charge in [0.2, 0.25) is 0 Å². The summed E-state index contributed by atoms with van der Waals surface area (Å²) in [7, 11) is 1.68. The normalized spacial score (nSPS) is 14.7. The van der Waals surface area contributed by atoms with Crippen molar-refractivity contribution in [1.29, 1.82) is 0 Å². The van der Waals surface area contributed by atoms with Crippen LogP contribution in [0, 0.1) is 0 Å². The van der Waals surface area contributed by atoms with Crippen molar-refractivity contribution < 1.29 is 4.74 Å². The van der Waals surface area contributed by atoms with Crippen molar-refractivity contribution in [3.05, 3.63) is 28.7 Å². The Morgan fingerprint density at radius 2 is 2.00 bits per heavy atom. The van der Waals surface area contributed by atoms with Crippen LogP contribution in [-0.2, 0) is 4.74 Å². The van der Waals surface area contributed by atoms with Gasteiger partial charge in [-0.2, -0.15) is 0 Å². The third kappa shape index (κ3) is 3.81. The molecular formula is C11H17BrN2O. The van der Waals surface area contributed by atoms with Crippen molar-refractivity contribution >= 4 is 21.6 Å². The van der Waals surface area contributed by atoms with Crippen molar-refractivity contribution in [2.75, 3.05) is 25.6 Å². The Hall–Kier alpha value is -0.580. The number of benzene rings is 1. The first kappa shape index (κ1) is 12.5. The third-order valence-corrected chi connectivity index (χ3v) is 2.73. The molecule has 4 heteroatoms. The van der Waals surface area contributed by atoms with E-state index in [1.54, 1.807) is 7.11 Å². The van der Waals surface area contributed by atoms with E-state index in [4.69, 9.17) is 10.5 Å². The van der Waals surface area contributed by atoms with Gasteiger partial charge in [-0.3, -0.25) is 0 Å². The van der Waals surface area contributed by atoms with Gasteiger partial charge in [-0.25, -0.2) is 0 Å². The lowest BCUT2D eigenvalue weighted by Crippen LogP contribution is -2.46. The van der Waals surface area contributed by atoms with Gasteiger partial charge in [-0.15, -0.1) is 0 Å². The van der Waals surface area contributed by atoms with Gasteiger partial charge in [0.1, 0.15) is 0 Å². The molecule has 0 aliphatic rings. The highest BCUT2D eigenvalue weighted by molar-refractivity contribution is 9.10. The molecule has 0 saturated carbocycles. The van der Waals surface area contributed by atoms with E-state index < -0.39 is 0 Å². The first-order valence-corrected chi connectivity index (χ1v) is 5.62. The molecule has 1 atom stereocenters. The molecule has 0 radical (unpaired) electrons. The fourth-order valence-electron chi connectivity index (χ4n) is 1.35. The zero-order chi connectivity index (χ0) is 11.3. The van der Waals surface area contributed by atoms with Crippen LogP contribution in [0.2, 0.25) is 0 Å². The number of hydrogen-bond donors (Lipinski definition) is 2. The van der Waals surface area contributed by atoms with E-state index >= 15 is 0 Å². The molecule has 0 spiro atoms. The van der Waals surface area contributed by atoms with Crippen LogP contribution in [0.3, 0.4) is 0 Å². The summed E-state index contributed by atoms with van der Waals surface area (Å²) in [4.78, 5) is 0. The van der Waals surface area contributed by atoms with E-state index in [0.717, 1.165) is 10.2 Å². The predicted octanol–water partition coefficient (Wildman–Crippen LogP) is 2.22. The summed E-state index contributed by atoms with van der Waals surface area (Å²) in [6.45, 7) is 3.15. The molecule has 15 heavy (non-hydrogen) atoms. The number of halogens is 1. The second-order valence-corrected chi connectivity index (χ2v) is 4.75. The Labute approximate surface area is 99.1 Å². The summed E-state index contributed by atoms with van der Waals surface area (Å²) in [5.74, 6) is 0. The number of ether oxygens (including phenoxy) is 1. The molecule has 1 unspecified atom stereocenters. The molecule has 0 aliphatic carbocycles. The van der Waals surface area contributed by atoms with Crippen molar-refractivity contribution in [3.63, 3.8) is 0 Å². The molecule has 3 nitrogen and oxygen atoms in total. The fraction of sp³-hybridized carbons (Fsp3) is 0.455. The van der Waals surface area contributed by atoms with Crippen molar-refractivity contribution in [3.8, 4) is 0 Å². The van der Waals surface area contributed by atoms with Gasteiger partial charge in [0.15, 0.2) is 0 Å². The molecule has 3 N–H and O–H groups in total. The number of rotatable bonds is 5. The summed E-state index contributed by atoms with van der Waals surface area (Å²) in [5.41, 5.74) is 6.54. The molecule has 84 valence electrons. The Morgan fingerprint density at radius 3 is 2.47 bits per heavy atom. The zero-order valence-corrected chi connectivity index (χ0v) is 10.7. The van der Waals surface area contributed by atoms with Crippen molar-refractivity contribution in [2.24, 2.45) is 5.73 Å². The SMILES string of the molecule is COCC(C)(CN)Nc1ccc(Br)cc1. The Bertz CT molecular complexity index is 302. The van der Waals surface area contributed by atoms with Crippen molar-refractivity contribution in [2.45, 2.75) is 12.5 Å². The maximum Gasteiger partial charge on any atom is 0.0702 e. The molecule has 1 aromatic rings. The second kappa shape index (κ2) is 5.49. The standard InChI is InChI=1S/C11H17BrN2O/c1-11(7-13,8-15-2)14-10-5-3-9(12)4-6-10/h3-6,14H,7-8,13H2,1-2H3. The molecule has 0 aliphatic heterocycles. The van der Waals surface area contributed by atoms with Gasteiger partial charge in [0, 0.05) is 23.8 Å². The molecule has 0 amide bonds. The average molecular weight is 273 g/mol. The largest absolute Gasteiger partial charge is 0.382 e. The topological polar surface area (TPSA) is 47.3 Å². The van der Waals surface area contributed by atoms with Crippen LogP contribution in [0.15, 0.2) is 28.7 Å². The average Bonchev–Trinajstić information content (AvgIpc) is 2.22. The zero-order valence-electron chi connectivity index (χ0n) is 9.09. The predicted molar refractivity (Wildman–Crippen MR) is 67.1 cm³/mol. The third-order valence-electron chi connectivity index (χ3n) is 2.20. The highest BCUT2D eigenvalue weighted by atomic mass is 79.9. The number of anilines is 1. The van der Waals surface area contributed by atoms with E-state index in [-0.39, 0.29) is 5.54 Å². The maximum absolute atomic E-state index is 5.72. The van der Waals surface area contributed by atoms with E-state index in [9.17, 15) is 0 Å². The molecular weight excluding hydrogens is 256 g/mol. The van der Waals surface area contributed by atoms with Crippen LogP contribution in [-0.4, -0.2) is 25.8 Å². The minimum absolute atomic E-state index is 0.220. The minimum Gasteiger partial charge on any atom is -0.382 e. The summed E-state index contributed by atoms with van der Waals surface area (Å²) >= 11 is 3.40. The monoisotopic (exact) mass is 272 g/mol. The molecule has 0 fully saturated rings. The van der Waals surface area contributed by atoms with Gasteiger partial charge in [-0.1, -0.05) is 15.9 Å². The number of methoxy groups -OCH3 is 1. The maximum atomic E-state index is 5.72. The van der Waals surface area contributed by atoms with Gasteiger partial charge >= 0.3 is 0 Å². The smallest absolute Gasteiger partial charge is 0.0702 e. The first-order chi connectivity index (χ1) is 7.09. The first-order valence-electron chi connectivity index (χ1n) is 4.82. The highest BCUT2D eigenvalue weighted by Gasteiger charge is 2.21. The van der Waals surface area contributed by atoms with E-state index in [2.05, 4.69) is 21.2 Å². The summed E-state index contributed by atoms with van der Waals surface area (Å²) < 4.78 is 6.21. The van der Waals surface area contributed by atoms with Gasteiger partial charge < -0.3 is 15.8 Å². The van der Waals surface area contributed by atoms with E-state index in [1.807, 2.05) is 31.2 Å². The van der Waals surface area contributed by atoms with Gasteiger partial charge in [-0.05, 0) is 31.2 Å². The van der Waals surface area contributed by atoms with Crippen LogP contribution in [0.1, 0.15) is 6.92 Å². The minimum atomic E-state index is -0.220. The quantitative estimate of drug-likeness (QED) is 0.864. The number of nitrogens with one attached hydrogen (secondary N) is 1. The second-order valence-electron chi connectivity index (χ2n) is 3.83. The summed E-state index contributed by atoms with van der Waals surface area (Å²) in [6.07, 6.45) is 0. The van der Waals surface area contributed by atoms with Crippen molar-refractivity contribution in [1.82, 2.24) is 0 Å². The highest BCUT2D eigenvalue weighted by Crippen LogP contribution is 2.18. The molecule has 0 aromatic heterocycles. The fourth-order valence-corrected chi connectivity index (χ4v) is 1.61. The Balaban J connectivity index is 2.70. The molecule has 1 rings (SSSR count). The van der Waals surface area contributed by atoms with Crippen LogP contribution >= 0.6 is 15.9 Å². The van der Waals surface area contributed by atoms with Crippen LogP contribution in [0.25, 0.3) is 0 Å². The number of hydrogen-bond acceptors (Lipinski definition) is 3. The van der Waals surface area contributed by atoms with Crippen LogP contribution in [0.5, 0.6) is 0 Å². The van der Waals surface area contributed by atoms with E-state index in [0.29, 0.717) is 13.2 Å². The molecule has 0 heterocycles. The Kier molecular flexibility index (Phi) is 4.57. The Morgan fingerprint density at radius 1 is 1.40 bits per heavy atom. The molecule has 0 saturated heterocycles. The van der Waals surface area contributed by atoms with Gasteiger partial charge in [0.05, 0.1) is 12.1 Å². The van der Waals surface area contributed by atoms with Crippen LogP contribution < -0.4 is 11.1 Å². The van der Waals surface area contributed by atoms with Gasteiger partial charge in [0.25, 0.3) is 0 Å². The molecule has 1 aromatic carbocycles. The number of nitrogens with two attached hydrogens (primary N) is 1.